The van der Waals surface area contributed by atoms with Crippen LogP contribution in [0.3, 0.4) is 0 Å². The molecule has 0 bridgehead atoms. The van der Waals surface area contributed by atoms with Crippen LogP contribution in [0.4, 0.5) is 0 Å². The molecule has 1 aliphatic rings. The van der Waals surface area contributed by atoms with Crippen molar-refractivity contribution in [3.05, 3.63) is 57.9 Å². The number of aliphatic hydroxyl groups excluding tert-OH is 1. The maximum Gasteiger partial charge on any atom is 0.162 e. The average Bonchev–Trinajstić information content (AvgIpc) is 3.35. The minimum Gasteiger partial charge on any atom is -0.390 e. The molecule has 0 saturated heterocycles. The number of imidazole rings is 1. The van der Waals surface area contributed by atoms with Crippen LogP contribution in [0.2, 0.25) is 5.15 Å². The Bertz CT molecular complexity index is 937. The zero-order chi connectivity index (χ0) is 19.5. The zero-order valence-electron chi connectivity index (χ0n) is 16.1. The summed E-state index contributed by atoms with van der Waals surface area (Å²) in [7, 11) is 0. The fraction of sp³-hybridized carbons (Fsp3) is 0.500. The van der Waals surface area contributed by atoms with Gasteiger partial charge in [-0.15, -0.1) is 10.2 Å². The smallest absolute Gasteiger partial charge is 0.162 e. The van der Waals surface area contributed by atoms with E-state index in [2.05, 4.69) is 45.5 Å². The van der Waals surface area contributed by atoms with Crippen LogP contribution in [0, 0.1) is 0 Å². The van der Waals surface area contributed by atoms with Gasteiger partial charge < -0.3 is 9.67 Å². The van der Waals surface area contributed by atoms with Crippen LogP contribution in [0.1, 0.15) is 60.4 Å². The molecule has 0 fully saturated rings. The molecule has 0 amide bonds. The second kappa shape index (κ2) is 8.41. The summed E-state index contributed by atoms with van der Waals surface area (Å²) in [5, 5.41) is 22.1. The Kier molecular flexibility index (Phi) is 5.73. The molecule has 1 aliphatic carbocycles. The highest BCUT2D eigenvalue weighted by atomic mass is 35.5. The van der Waals surface area contributed by atoms with Crippen molar-refractivity contribution in [2.45, 2.75) is 64.6 Å². The summed E-state index contributed by atoms with van der Waals surface area (Å²) in [5.41, 5.74) is 4.49. The molecule has 1 N–H and O–H groups in total. The molecule has 4 rings (SSSR count). The van der Waals surface area contributed by atoms with Crippen LogP contribution in [-0.2, 0) is 32.4 Å². The normalized spacial score (nSPS) is 16.3. The molecule has 0 spiro atoms. The predicted octanol–water partition coefficient (Wildman–Crippen LogP) is 3.14. The molecule has 148 valence electrons. The van der Waals surface area contributed by atoms with Crippen molar-refractivity contribution >= 4 is 11.6 Å². The van der Waals surface area contributed by atoms with Crippen molar-refractivity contribution in [2.24, 2.45) is 0 Å². The second-order valence-electron chi connectivity index (χ2n) is 7.37. The number of unbranched alkanes of at least 4 members (excludes halogenated alkanes) is 1. The number of aromatic nitrogens is 6. The highest BCUT2D eigenvalue weighted by molar-refractivity contribution is 6.30. The first kappa shape index (κ1) is 19.1. The van der Waals surface area contributed by atoms with Crippen LogP contribution in [0.25, 0.3) is 0 Å². The number of aliphatic hydroxyl groups is 1. The molecule has 2 heterocycles. The lowest BCUT2D eigenvalue weighted by molar-refractivity contribution is 0.277. The fourth-order valence-corrected chi connectivity index (χ4v) is 4.19. The number of tetrazole rings is 1. The maximum absolute atomic E-state index is 9.53. The molecule has 0 radical (unpaired) electrons. The number of aryl methyl sites for hydroxylation is 2. The second-order valence-corrected chi connectivity index (χ2v) is 7.73. The monoisotopic (exact) mass is 400 g/mol. The van der Waals surface area contributed by atoms with E-state index in [0.717, 1.165) is 44.3 Å². The van der Waals surface area contributed by atoms with Crippen molar-refractivity contribution in [1.82, 2.24) is 29.8 Å². The van der Waals surface area contributed by atoms with Crippen LogP contribution in [0.15, 0.2) is 24.5 Å². The predicted molar refractivity (Wildman–Crippen MR) is 106 cm³/mol. The van der Waals surface area contributed by atoms with Gasteiger partial charge in [0.15, 0.2) is 6.33 Å². The SMILES string of the molecule is CCCCc1nc(CO)c(Cl)n1Cc1ccc2c(c1)CCC(n1ncnn1)C2. The van der Waals surface area contributed by atoms with E-state index in [1.807, 2.05) is 4.57 Å². The summed E-state index contributed by atoms with van der Waals surface area (Å²) in [4.78, 5) is 6.27. The quantitative estimate of drug-likeness (QED) is 0.658. The molecule has 8 heteroatoms. The fourth-order valence-electron chi connectivity index (χ4n) is 3.93. The Labute approximate surface area is 169 Å². The summed E-state index contributed by atoms with van der Waals surface area (Å²) in [6.45, 7) is 2.70. The average molecular weight is 401 g/mol. The van der Waals surface area contributed by atoms with Gasteiger partial charge in [-0.25, -0.2) is 4.98 Å². The number of rotatable bonds is 7. The van der Waals surface area contributed by atoms with E-state index in [-0.39, 0.29) is 12.6 Å². The number of fused-ring (bicyclic) bond motifs is 1. The minimum atomic E-state index is -0.132. The Balaban J connectivity index is 1.55. The highest BCUT2D eigenvalue weighted by Gasteiger charge is 2.22. The first-order valence-corrected chi connectivity index (χ1v) is 10.2. The first-order chi connectivity index (χ1) is 13.7. The summed E-state index contributed by atoms with van der Waals surface area (Å²) < 4.78 is 2.04. The molecule has 7 nitrogen and oxygen atoms in total. The van der Waals surface area contributed by atoms with E-state index < -0.39 is 0 Å². The van der Waals surface area contributed by atoms with E-state index >= 15 is 0 Å². The Morgan fingerprint density at radius 3 is 2.93 bits per heavy atom. The third kappa shape index (κ3) is 3.82. The largest absolute Gasteiger partial charge is 0.390 e. The lowest BCUT2D eigenvalue weighted by Crippen LogP contribution is -2.21. The molecule has 0 saturated carbocycles. The highest BCUT2D eigenvalue weighted by Crippen LogP contribution is 2.29. The van der Waals surface area contributed by atoms with Crippen LogP contribution >= 0.6 is 11.6 Å². The molecular formula is C20H25ClN6O. The third-order valence-electron chi connectivity index (χ3n) is 5.46. The number of hydrogen-bond donors (Lipinski definition) is 1. The topological polar surface area (TPSA) is 81.7 Å². The van der Waals surface area contributed by atoms with Gasteiger partial charge in [-0.2, -0.15) is 4.80 Å². The Hall–Kier alpha value is -2.25. The molecule has 28 heavy (non-hydrogen) atoms. The summed E-state index contributed by atoms with van der Waals surface area (Å²) in [6, 6.07) is 6.92. The molecule has 1 unspecified atom stereocenters. The van der Waals surface area contributed by atoms with Crippen molar-refractivity contribution < 1.29 is 5.11 Å². The van der Waals surface area contributed by atoms with E-state index in [1.54, 1.807) is 4.80 Å². The van der Waals surface area contributed by atoms with E-state index in [9.17, 15) is 5.11 Å². The maximum atomic E-state index is 9.53. The molecule has 3 aromatic rings. The van der Waals surface area contributed by atoms with Crippen molar-refractivity contribution in [2.75, 3.05) is 0 Å². The van der Waals surface area contributed by atoms with E-state index in [0.29, 0.717) is 17.4 Å². The zero-order valence-corrected chi connectivity index (χ0v) is 16.8. The Morgan fingerprint density at radius 2 is 2.18 bits per heavy atom. The van der Waals surface area contributed by atoms with Crippen LogP contribution in [-0.4, -0.2) is 34.9 Å². The first-order valence-electron chi connectivity index (χ1n) is 9.87. The van der Waals surface area contributed by atoms with E-state index in [4.69, 9.17) is 11.6 Å². The molecule has 2 aromatic heterocycles. The van der Waals surface area contributed by atoms with Gasteiger partial charge in [0.2, 0.25) is 0 Å². The van der Waals surface area contributed by atoms with Gasteiger partial charge in [0.25, 0.3) is 0 Å². The van der Waals surface area contributed by atoms with Crippen molar-refractivity contribution in [3.63, 3.8) is 0 Å². The van der Waals surface area contributed by atoms with Gasteiger partial charge in [0.1, 0.15) is 16.7 Å². The van der Waals surface area contributed by atoms with Crippen LogP contribution in [0.5, 0.6) is 0 Å². The van der Waals surface area contributed by atoms with Crippen LogP contribution < -0.4 is 0 Å². The molecule has 1 atom stereocenters. The summed E-state index contributed by atoms with van der Waals surface area (Å²) in [6.07, 6.45) is 7.44. The van der Waals surface area contributed by atoms with Gasteiger partial charge in [0, 0.05) is 6.42 Å². The lowest BCUT2D eigenvalue weighted by Gasteiger charge is -2.24. The molecular weight excluding hydrogens is 376 g/mol. The van der Waals surface area contributed by atoms with Crippen molar-refractivity contribution in [3.8, 4) is 0 Å². The van der Waals surface area contributed by atoms with Gasteiger partial charge >= 0.3 is 0 Å². The minimum absolute atomic E-state index is 0.132. The third-order valence-corrected chi connectivity index (χ3v) is 5.88. The van der Waals surface area contributed by atoms with Gasteiger partial charge in [-0.3, -0.25) is 0 Å². The van der Waals surface area contributed by atoms with Crippen molar-refractivity contribution in [1.29, 1.82) is 0 Å². The number of halogens is 1. The van der Waals surface area contributed by atoms with Gasteiger partial charge in [-0.05, 0) is 47.6 Å². The van der Waals surface area contributed by atoms with Gasteiger partial charge in [-0.1, -0.05) is 43.1 Å². The number of hydrogen-bond acceptors (Lipinski definition) is 5. The molecule has 0 aliphatic heterocycles. The van der Waals surface area contributed by atoms with E-state index in [1.165, 1.54) is 23.0 Å². The van der Waals surface area contributed by atoms with Gasteiger partial charge in [0.05, 0.1) is 19.2 Å². The molecule has 1 aromatic carbocycles. The summed E-state index contributed by atoms with van der Waals surface area (Å²) in [5.74, 6) is 0.950. The number of benzene rings is 1. The lowest BCUT2D eigenvalue weighted by atomic mass is 9.87. The summed E-state index contributed by atoms with van der Waals surface area (Å²) >= 11 is 6.50. The Morgan fingerprint density at radius 1 is 1.29 bits per heavy atom. The standard InChI is InChI=1S/C20H25ClN6O/c1-2-3-4-19-24-18(12-28)20(21)26(19)11-14-5-6-16-10-17(8-7-15(16)9-14)27-23-13-22-25-27/h5-6,9,13,17,28H,2-4,7-8,10-12H2,1H3. The number of nitrogens with zero attached hydrogens (tertiary/aromatic N) is 6.